The Morgan fingerprint density at radius 2 is 2.00 bits per heavy atom. The predicted octanol–water partition coefficient (Wildman–Crippen LogP) is 2.46. The molecule has 1 aliphatic rings. The van der Waals surface area contributed by atoms with E-state index in [0.717, 1.165) is 24.8 Å². The van der Waals surface area contributed by atoms with Crippen LogP contribution in [0.3, 0.4) is 0 Å². The Morgan fingerprint density at radius 1 is 1.29 bits per heavy atom. The van der Waals surface area contributed by atoms with E-state index >= 15 is 0 Å². The molecule has 0 aromatic carbocycles. The number of hydrogen-bond donors (Lipinski definition) is 2. The molecule has 0 aromatic rings. The van der Waals surface area contributed by atoms with Gasteiger partial charge in [-0.05, 0) is 32.3 Å². The van der Waals surface area contributed by atoms with Crippen molar-refractivity contribution in [3.05, 3.63) is 36.6 Å². The minimum absolute atomic E-state index is 0.229. The van der Waals surface area contributed by atoms with Gasteiger partial charge in [-0.3, -0.25) is 20.5 Å². The van der Waals surface area contributed by atoms with Crippen LogP contribution in [-0.2, 0) is 9.53 Å². The molecular formula is C17H28N4O3. The fraction of sp³-hybridized carbons (Fsp3) is 0.529. The van der Waals surface area contributed by atoms with Gasteiger partial charge in [0.15, 0.2) is 0 Å². The summed E-state index contributed by atoms with van der Waals surface area (Å²) in [6, 6.07) is -0.596. The van der Waals surface area contributed by atoms with E-state index in [9.17, 15) is 9.59 Å². The van der Waals surface area contributed by atoms with Gasteiger partial charge < -0.3 is 4.74 Å². The molecule has 1 rings (SSSR count). The van der Waals surface area contributed by atoms with E-state index in [1.807, 2.05) is 19.1 Å². The van der Waals surface area contributed by atoms with Crippen molar-refractivity contribution in [2.45, 2.75) is 45.8 Å². The number of carbonyl (C=O) groups excluding carboxylic acids is 2. The average molecular weight is 336 g/mol. The van der Waals surface area contributed by atoms with Crippen molar-refractivity contribution in [2.75, 3.05) is 13.7 Å². The summed E-state index contributed by atoms with van der Waals surface area (Å²) in [6.45, 7) is 12.1. The van der Waals surface area contributed by atoms with Crippen LogP contribution < -0.4 is 10.7 Å². The fourth-order valence-electron chi connectivity index (χ4n) is 2.25. The van der Waals surface area contributed by atoms with Crippen molar-refractivity contribution in [1.29, 1.82) is 0 Å². The lowest BCUT2D eigenvalue weighted by molar-refractivity contribution is -0.162. The number of hydrazine groups is 2. The lowest BCUT2D eigenvalue weighted by Gasteiger charge is -2.41. The summed E-state index contributed by atoms with van der Waals surface area (Å²) >= 11 is 0. The van der Waals surface area contributed by atoms with E-state index in [4.69, 9.17) is 4.74 Å². The maximum Gasteiger partial charge on any atom is 0.337 e. The highest BCUT2D eigenvalue weighted by Crippen LogP contribution is 2.21. The van der Waals surface area contributed by atoms with Crippen LogP contribution in [0.5, 0.6) is 0 Å². The maximum atomic E-state index is 11.9. The molecule has 0 saturated carbocycles. The van der Waals surface area contributed by atoms with Crippen LogP contribution >= 0.6 is 0 Å². The molecule has 134 valence electrons. The topological polar surface area (TPSA) is 73.9 Å². The molecule has 2 N–H and O–H groups in total. The summed E-state index contributed by atoms with van der Waals surface area (Å²) in [5.74, 6) is -0.345. The van der Waals surface area contributed by atoms with E-state index < -0.39 is 6.03 Å². The number of amides is 3. The normalized spacial score (nSPS) is 17.6. The van der Waals surface area contributed by atoms with Crippen LogP contribution in [-0.4, -0.2) is 41.9 Å². The smallest absolute Gasteiger partial charge is 0.337 e. The van der Waals surface area contributed by atoms with Gasteiger partial charge in [-0.25, -0.2) is 4.79 Å². The number of carbonyl (C=O) groups is 2. The van der Waals surface area contributed by atoms with Crippen LogP contribution in [0, 0.1) is 0 Å². The second-order valence-corrected chi connectivity index (χ2v) is 5.70. The first-order valence-corrected chi connectivity index (χ1v) is 8.12. The highest BCUT2D eigenvalue weighted by Gasteiger charge is 2.26. The summed E-state index contributed by atoms with van der Waals surface area (Å²) < 4.78 is 5.80. The standard InChI is InChI=1S/C17H28N4O3/c1-6-15(22)18-17(23)19-20(5)21(14(4)11-10-13(2)3)16-9-7-8-12-24-16/h10-11,16H,2,4,6-9,12H2,1,3,5H3,(H2,18,19,22,23)/b11-10-. The Bertz CT molecular complexity index is 510. The molecule has 1 heterocycles. The minimum atomic E-state index is -0.596. The molecule has 0 bridgehead atoms. The zero-order valence-corrected chi connectivity index (χ0v) is 14.8. The van der Waals surface area contributed by atoms with E-state index in [2.05, 4.69) is 23.9 Å². The molecule has 1 aliphatic heterocycles. The number of hydrogen-bond acceptors (Lipinski definition) is 5. The van der Waals surface area contributed by atoms with E-state index in [0.29, 0.717) is 12.3 Å². The molecule has 1 unspecified atom stereocenters. The second kappa shape index (κ2) is 9.89. The van der Waals surface area contributed by atoms with Gasteiger partial charge in [0.2, 0.25) is 5.91 Å². The minimum Gasteiger partial charge on any atom is -0.357 e. The Balaban J connectivity index is 2.82. The second-order valence-electron chi connectivity index (χ2n) is 5.70. The zero-order chi connectivity index (χ0) is 18.1. The average Bonchev–Trinajstić information content (AvgIpc) is 2.53. The van der Waals surface area contributed by atoms with Crippen LogP contribution in [0.2, 0.25) is 0 Å². The number of rotatable bonds is 7. The zero-order valence-electron chi connectivity index (χ0n) is 14.8. The Labute approximate surface area is 143 Å². The third-order valence-corrected chi connectivity index (χ3v) is 3.44. The fourth-order valence-corrected chi connectivity index (χ4v) is 2.25. The summed E-state index contributed by atoms with van der Waals surface area (Å²) in [7, 11) is 1.67. The summed E-state index contributed by atoms with van der Waals surface area (Å²) in [4.78, 5) is 23.2. The van der Waals surface area contributed by atoms with Gasteiger partial charge in [0.25, 0.3) is 0 Å². The first kappa shape index (κ1) is 19.9. The van der Waals surface area contributed by atoms with Gasteiger partial charge in [0.1, 0.15) is 6.23 Å². The molecule has 0 radical (unpaired) electrons. The lowest BCUT2D eigenvalue weighted by Crippen LogP contribution is -2.57. The molecule has 7 heteroatoms. The predicted molar refractivity (Wildman–Crippen MR) is 93.3 cm³/mol. The first-order valence-electron chi connectivity index (χ1n) is 8.12. The maximum absolute atomic E-state index is 11.9. The number of nitrogens with one attached hydrogen (secondary N) is 2. The van der Waals surface area contributed by atoms with Gasteiger partial charge in [-0.2, -0.15) is 0 Å². The van der Waals surface area contributed by atoms with Gasteiger partial charge >= 0.3 is 6.03 Å². The van der Waals surface area contributed by atoms with E-state index in [1.165, 1.54) is 5.12 Å². The van der Waals surface area contributed by atoms with E-state index in [1.54, 1.807) is 19.0 Å². The lowest BCUT2D eigenvalue weighted by atomic mass is 10.1. The first-order chi connectivity index (χ1) is 11.3. The SMILES string of the molecule is C=C(C)/C=C\C(=C)N(C1CCCCO1)N(C)NC(=O)NC(=O)CC. The third-order valence-electron chi connectivity index (χ3n) is 3.44. The molecule has 24 heavy (non-hydrogen) atoms. The molecule has 0 aromatic heterocycles. The Morgan fingerprint density at radius 3 is 2.54 bits per heavy atom. The Kier molecular flexibility index (Phi) is 8.21. The number of nitrogens with zero attached hydrogens (tertiary/aromatic N) is 2. The highest BCUT2D eigenvalue weighted by molar-refractivity contribution is 5.93. The monoisotopic (exact) mass is 336 g/mol. The van der Waals surface area contributed by atoms with Crippen LogP contribution in [0.4, 0.5) is 4.79 Å². The highest BCUT2D eigenvalue weighted by atomic mass is 16.5. The van der Waals surface area contributed by atoms with Crippen LogP contribution in [0.25, 0.3) is 0 Å². The summed E-state index contributed by atoms with van der Waals surface area (Å²) in [5.41, 5.74) is 4.14. The molecule has 0 aliphatic carbocycles. The molecule has 7 nitrogen and oxygen atoms in total. The molecule has 3 amide bonds. The van der Waals surface area contributed by atoms with Gasteiger partial charge in [-0.15, -0.1) is 5.12 Å². The van der Waals surface area contributed by atoms with Crippen molar-refractivity contribution in [3.8, 4) is 0 Å². The van der Waals surface area contributed by atoms with Crippen LogP contribution in [0.1, 0.15) is 39.5 Å². The molecule has 1 fully saturated rings. The van der Waals surface area contributed by atoms with Gasteiger partial charge in [-0.1, -0.05) is 31.7 Å². The van der Waals surface area contributed by atoms with E-state index in [-0.39, 0.29) is 18.6 Å². The molecule has 1 atom stereocenters. The number of allylic oxidation sites excluding steroid dienone is 3. The number of ether oxygens (including phenoxy) is 1. The summed E-state index contributed by atoms with van der Waals surface area (Å²) in [6.07, 6.45) is 6.53. The van der Waals surface area contributed by atoms with Gasteiger partial charge in [0.05, 0.1) is 0 Å². The number of urea groups is 1. The van der Waals surface area contributed by atoms with Crippen LogP contribution in [0.15, 0.2) is 36.6 Å². The quantitative estimate of drug-likeness (QED) is 0.552. The largest absolute Gasteiger partial charge is 0.357 e. The van der Waals surface area contributed by atoms with Crippen molar-refractivity contribution < 1.29 is 14.3 Å². The molecule has 1 saturated heterocycles. The van der Waals surface area contributed by atoms with Crippen molar-refractivity contribution in [3.63, 3.8) is 0 Å². The summed E-state index contributed by atoms with van der Waals surface area (Å²) in [5, 5.41) is 5.49. The van der Waals surface area contributed by atoms with Crippen molar-refractivity contribution in [1.82, 2.24) is 20.9 Å². The molecular weight excluding hydrogens is 308 g/mol. The third kappa shape index (κ3) is 6.55. The molecule has 0 spiro atoms. The van der Waals surface area contributed by atoms with Crippen molar-refractivity contribution >= 4 is 11.9 Å². The number of imide groups is 1. The Hall–Kier alpha value is -2.12. The van der Waals surface area contributed by atoms with Crippen molar-refractivity contribution in [2.24, 2.45) is 0 Å². The van der Waals surface area contributed by atoms with Gasteiger partial charge in [0, 0.05) is 25.8 Å².